The molecule has 1 aliphatic rings. The van der Waals surface area contributed by atoms with E-state index in [-0.39, 0.29) is 0 Å². The van der Waals surface area contributed by atoms with Crippen LogP contribution < -0.4 is 10.6 Å². The molecule has 0 radical (unpaired) electrons. The van der Waals surface area contributed by atoms with E-state index in [0.29, 0.717) is 44.2 Å². The summed E-state index contributed by atoms with van der Waals surface area (Å²) < 4.78 is 5.24. The molecule has 0 unspecified atom stereocenters. The van der Waals surface area contributed by atoms with E-state index < -0.39 is 5.60 Å². The molecule has 94 valence electrons. The number of aromatic nitrogens is 2. The smallest absolute Gasteiger partial charge is 0.149 e. The zero-order chi connectivity index (χ0) is 12.3. The maximum absolute atomic E-state index is 10.4. The molecule has 2 rings (SSSR count). The quantitative estimate of drug-likeness (QED) is 0.773. The number of hydrogen-bond donors (Lipinski definition) is 2. The number of rotatable bonds is 3. The topological polar surface area (TPSA) is 84.5 Å². The zero-order valence-electron chi connectivity index (χ0n) is 9.96. The Morgan fingerprint density at radius 3 is 2.82 bits per heavy atom. The summed E-state index contributed by atoms with van der Waals surface area (Å²) in [6, 6.07) is 0. The Labute approximate surface area is 100 Å². The summed E-state index contributed by atoms with van der Waals surface area (Å²) in [4.78, 5) is 10.0. The highest BCUT2D eigenvalue weighted by Gasteiger charge is 2.31. The second-order valence-electron chi connectivity index (χ2n) is 4.49. The van der Waals surface area contributed by atoms with Crippen LogP contribution in [0.4, 0.5) is 11.6 Å². The predicted octanol–water partition coefficient (Wildman–Crippen LogP) is 0.0365. The van der Waals surface area contributed by atoms with Crippen molar-refractivity contribution in [1.29, 1.82) is 0 Å². The molecular weight excluding hydrogens is 220 g/mol. The Balaban J connectivity index is 2.03. The summed E-state index contributed by atoms with van der Waals surface area (Å²) in [7, 11) is 1.87. The monoisotopic (exact) mass is 238 g/mol. The van der Waals surface area contributed by atoms with Gasteiger partial charge in [-0.15, -0.1) is 0 Å². The number of hydrogen-bond acceptors (Lipinski definition) is 6. The van der Waals surface area contributed by atoms with Crippen molar-refractivity contribution < 1.29 is 9.84 Å². The van der Waals surface area contributed by atoms with Gasteiger partial charge >= 0.3 is 0 Å². The van der Waals surface area contributed by atoms with Gasteiger partial charge in [0.2, 0.25) is 0 Å². The average molecular weight is 238 g/mol. The first-order chi connectivity index (χ1) is 8.09. The van der Waals surface area contributed by atoms with Gasteiger partial charge in [0.1, 0.15) is 11.6 Å². The summed E-state index contributed by atoms with van der Waals surface area (Å²) in [5, 5.41) is 10.4. The largest absolute Gasteiger partial charge is 0.388 e. The van der Waals surface area contributed by atoms with Crippen LogP contribution in [0.1, 0.15) is 12.8 Å². The van der Waals surface area contributed by atoms with Crippen molar-refractivity contribution >= 4 is 11.6 Å². The Hall–Kier alpha value is -1.40. The minimum Gasteiger partial charge on any atom is -0.388 e. The number of anilines is 2. The number of nitrogens with two attached hydrogens (primary N) is 1. The molecule has 6 nitrogen and oxygen atoms in total. The number of ether oxygens (including phenoxy) is 1. The minimum atomic E-state index is -0.709. The van der Waals surface area contributed by atoms with Crippen molar-refractivity contribution in [2.45, 2.75) is 18.4 Å². The van der Waals surface area contributed by atoms with E-state index in [9.17, 15) is 5.11 Å². The van der Waals surface area contributed by atoms with Crippen molar-refractivity contribution in [3.63, 3.8) is 0 Å². The first-order valence-corrected chi connectivity index (χ1v) is 5.68. The Morgan fingerprint density at radius 1 is 1.47 bits per heavy atom. The molecule has 17 heavy (non-hydrogen) atoms. The number of aliphatic hydroxyl groups is 1. The molecule has 0 atom stereocenters. The van der Waals surface area contributed by atoms with E-state index in [0.717, 1.165) is 0 Å². The van der Waals surface area contributed by atoms with Crippen LogP contribution in [0, 0.1) is 0 Å². The lowest BCUT2D eigenvalue weighted by atomic mass is 9.94. The lowest BCUT2D eigenvalue weighted by Crippen LogP contribution is -2.46. The Morgan fingerprint density at radius 2 is 2.18 bits per heavy atom. The molecule has 0 bridgehead atoms. The summed E-state index contributed by atoms with van der Waals surface area (Å²) in [6.45, 7) is 1.72. The Kier molecular flexibility index (Phi) is 3.44. The van der Waals surface area contributed by atoms with Crippen LogP contribution >= 0.6 is 0 Å². The van der Waals surface area contributed by atoms with Crippen LogP contribution in [0.5, 0.6) is 0 Å². The lowest BCUT2D eigenvalue weighted by molar-refractivity contribution is -0.0573. The first-order valence-electron chi connectivity index (χ1n) is 5.68. The van der Waals surface area contributed by atoms with E-state index in [2.05, 4.69) is 9.97 Å². The fraction of sp³-hybridized carbons (Fsp3) is 0.636. The van der Waals surface area contributed by atoms with Crippen molar-refractivity contribution in [3.05, 3.63) is 12.4 Å². The number of likely N-dealkylation sites (N-methyl/N-ethyl adjacent to an activating group) is 1. The fourth-order valence-electron chi connectivity index (χ4n) is 1.99. The minimum absolute atomic E-state index is 0.383. The maximum Gasteiger partial charge on any atom is 0.149 e. The highest BCUT2D eigenvalue weighted by Crippen LogP contribution is 2.23. The standard InChI is InChI=1S/C11H18N4O2/c1-15(10-7-13-6-9(12)14-10)8-11(16)2-4-17-5-3-11/h6-7,16H,2-5,8H2,1H3,(H2,12,14). The van der Waals surface area contributed by atoms with Gasteiger partial charge in [-0.05, 0) is 0 Å². The van der Waals surface area contributed by atoms with E-state index in [1.807, 2.05) is 11.9 Å². The molecule has 0 spiro atoms. The molecule has 1 aromatic rings. The zero-order valence-corrected chi connectivity index (χ0v) is 9.96. The fourth-order valence-corrected chi connectivity index (χ4v) is 1.99. The van der Waals surface area contributed by atoms with Crippen LogP contribution in [0.3, 0.4) is 0 Å². The van der Waals surface area contributed by atoms with Gasteiger partial charge in [0.05, 0.1) is 18.0 Å². The second kappa shape index (κ2) is 4.85. The maximum atomic E-state index is 10.4. The molecule has 0 aliphatic carbocycles. The molecule has 1 aromatic heterocycles. The second-order valence-corrected chi connectivity index (χ2v) is 4.49. The Bertz CT molecular complexity index is 379. The first kappa shape index (κ1) is 12.1. The molecule has 2 heterocycles. The van der Waals surface area contributed by atoms with Gasteiger partial charge in [0.25, 0.3) is 0 Å². The van der Waals surface area contributed by atoms with Crippen LogP contribution in [0.15, 0.2) is 12.4 Å². The van der Waals surface area contributed by atoms with E-state index in [4.69, 9.17) is 10.5 Å². The lowest BCUT2D eigenvalue weighted by Gasteiger charge is -2.35. The molecule has 3 N–H and O–H groups in total. The van der Waals surface area contributed by atoms with Gasteiger partial charge in [-0.2, -0.15) is 0 Å². The third-order valence-corrected chi connectivity index (χ3v) is 2.99. The highest BCUT2D eigenvalue weighted by atomic mass is 16.5. The molecular formula is C11H18N4O2. The van der Waals surface area contributed by atoms with Gasteiger partial charge in [-0.3, -0.25) is 4.98 Å². The van der Waals surface area contributed by atoms with Crippen molar-refractivity contribution in [3.8, 4) is 0 Å². The van der Waals surface area contributed by atoms with Crippen LogP contribution in [-0.4, -0.2) is 47.5 Å². The molecule has 1 fully saturated rings. The van der Waals surface area contributed by atoms with Crippen LogP contribution in [0.25, 0.3) is 0 Å². The van der Waals surface area contributed by atoms with Crippen molar-refractivity contribution in [1.82, 2.24) is 9.97 Å². The number of nitrogens with zero attached hydrogens (tertiary/aromatic N) is 3. The van der Waals surface area contributed by atoms with Crippen molar-refractivity contribution in [2.24, 2.45) is 0 Å². The summed E-state index contributed by atoms with van der Waals surface area (Å²) >= 11 is 0. The van der Waals surface area contributed by atoms with E-state index in [1.165, 1.54) is 6.20 Å². The van der Waals surface area contributed by atoms with Gasteiger partial charge in [-0.1, -0.05) is 0 Å². The SMILES string of the molecule is CN(CC1(O)CCOCC1)c1cncc(N)n1. The van der Waals surface area contributed by atoms with Crippen LogP contribution in [-0.2, 0) is 4.74 Å². The van der Waals surface area contributed by atoms with Gasteiger partial charge < -0.3 is 20.5 Å². The van der Waals surface area contributed by atoms with Crippen LogP contribution in [0.2, 0.25) is 0 Å². The third-order valence-electron chi connectivity index (χ3n) is 2.99. The molecule has 0 aromatic carbocycles. The predicted molar refractivity (Wildman–Crippen MR) is 64.7 cm³/mol. The van der Waals surface area contributed by atoms with E-state index in [1.54, 1.807) is 6.20 Å². The summed E-state index contributed by atoms with van der Waals surface area (Å²) in [5.41, 5.74) is 4.87. The van der Waals surface area contributed by atoms with Gasteiger partial charge in [0, 0.05) is 39.6 Å². The molecule has 1 aliphatic heterocycles. The third kappa shape index (κ3) is 3.04. The normalized spacial score (nSPS) is 18.9. The summed E-state index contributed by atoms with van der Waals surface area (Å²) in [6.07, 6.45) is 4.43. The molecule has 6 heteroatoms. The van der Waals surface area contributed by atoms with Gasteiger partial charge in [-0.25, -0.2) is 4.98 Å². The van der Waals surface area contributed by atoms with E-state index >= 15 is 0 Å². The highest BCUT2D eigenvalue weighted by molar-refractivity contribution is 5.40. The van der Waals surface area contributed by atoms with Crippen molar-refractivity contribution in [2.75, 3.05) is 37.4 Å². The molecule has 1 saturated heterocycles. The summed E-state index contributed by atoms with van der Waals surface area (Å²) in [5.74, 6) is 1.05. The molecule has 0 saturated carbocycles. The van der Waals surface area contributed by atoms with Gasteiger partial charge in [0.15, 0.2) is 0 Å². The molecule has 0 amide bonds. The average Bonchev–Trinajstić information content (AvgIpc) is 2.29. The number of nitrogen functional groups attached to an aromatic ring is 1.